The van der Waals surface area contributed by atoms with Crippen molar-refractivity contribution in [1.82, 2.24) is 4.90 Å². The van der Waals surface area contributed by atoms with E-state index >= 15 is 0 Å². The number of hydrogen-bond acceptors (Lipinski definition) is 3. The minimum atomic E-state index is 0.431. The number of thiophene rings is 1. The van der Waals surface area contributed by atoms with E-state index in [9.17, 15) is 0 Å². The molecule has 3 heteroatoms. The third kappa shape index (κ3) is 2.30. The second-order valence-corrected chi connectivity index (χ2v) is 6.54. The largest absolute Gasteiger partial charge is 0.330 e. The van der Waals surface area contributed by atoms with Crippen molar-refractivity contribution in [3.8, 4) is 0 Å². The quantitative estimate of drug-likeness (QED) is 0.895. The van der Waals surface area contributed by atoms with Crippen molar-refractivity contribution in [1.29, 1.82) is 0 Å². The van der Waals surface area contributed by atoms with Crippen LogP contribution in [0.4, 0.5) is 0 Å². The van der Waals surface area contributed by atoms with Crippen LogP contribution in [0, 0.1) is 5.41 Å². The molecule has 1 aliphatic rings. The van der Waals surface area contributed by atoms with Crippen molar-refractivity contribution >= 4 is 21.4 Å². The molecule has 1 fully saturated rings. The summed E-state index contributed by atoms with van der Waals surface area (Å²) >= 11 is 1.84. The summed E-state index contributed by atoms with van der Waals surface area (Å²) in [5, 5.41) is 3.70. The molecule has 0 unspecified atom stereocenters. The summed E-state index contributed by atoms with van der Waals surface area (Å²) in [6.07, 6.45) is 2.61. The van der Waals surface area contributed by atoms with Gasteiger partial charge in [-0.25, -0.2) is 0 Å². The minimum Gasteiger partial charge on any atom is -0.330 e. The van der Waals surface area contributed by atoms with E-state index in [0.29, 0.717) is 5.41 Å². The Kier molecular flexibility index (Phi) is 3.14. The van der Waals surface area contributed by atoms with Crippen LogP contribution in [0.15, 0.2) is 29.6 Å². The van der Waals surface area contributed by atoms with Gasteiger partial charge in [0.15, 0.2) is 0 Å². The molecule has 0 radical (unpaired) electrons. The second kappa shape index (κ2) is 4.65. The molecule has 0 saturated heterocycles. The molecule has 1 aliphatic carbocycles. The molecule has 2 nitrogen and oxygen atoms in total. The maximum atomic E-state index is 5.86. The zero-order valence-corrected chi connectivity index (χ0v) is 11.7. The molecule has 1 aromatic heterocycles. The van der Waals surface area contributed by atoms with Crippen LogP contribution >= 0.6 is 11.3 Å². The van der Waals surface area contributed by atoms with Crippen molar-refractivity contribution in [2.75, 3.05) is 20.1 Å². The van der Waals surface area contributed by atoms with E-state index in [2.05, 4.69) is 41.6 Å². The predicted octanol–water partition coefficient (Wildman–Crippen LogP) is 3.07. The minimum absolute atomic E-state index is 0.431. The number of fused-ring (bicyclic) bond motifs is 1. The summed E-state index contributed by atoms with van der Waals surface area (Å²) in [7, 11) is 2.21. The fourth-order valence-corrected chi connectivity index (χ4v) is 3.63. The van der Waals surface area contributed by atoms with E-state index in [4.69, 9.17) is 5.73 Å². The number of nitrogens with zero attached hydrogens (tertiary/aromatic N) is 1. The molecule has 0 aliphatic heterocycles. The van der Waals surface area contributed by atoms with E-state index in [-0.39, 0.29) is 0 Å². The van der Waals surface area contributed by atoms with Crippen LogP contribution < -0.4 is 5.73 Å². The first-order chi connectivity index (χ1) is 8.72. The molecular formula is C15H20N2S. The molecule has 1 aromatic carbocycles. The van der Waals surface area contributed by atoms with Gasteiger partial charge in [-0.15, -0.1) is 11.3 Å². The third-order valence-electron chi connectivity index (χ3n) is 4.00. The lowest BCUT2D eigenvalue weighted by molar-refractivity contribution is 0.260. The van der Waals surface area contributed by atoms with E-state index in [1.807, 2.05) is 11.3 Å². The zero-order chi connectivity index (χ0) is 12.6. The van der Waals surface area contributed by atoms with Crippen molar-refractivity contribution < 1.29 is 0 Å². The molecule has 1 heterocycles. The molecule has 96 valence electrons. The SMILES string of the molecule is CN(Cc1csc2ccccc12)CC1(CN)CC1. The van der Waals surface area contributed by atoms with Crippen LogP contribution in [0.5, 0.6) is 0 Å². The molecule has 1 saturated carbocycles. The van der Waals surface area contributed by atoms with Crippen molar-refractivity contribution in [2.24, 2.45) is 11.1 Å². The monoisotopic (exact) mass is 260 g/mol. The Morgan fingerprint density at radius 2 is 2.11 bits per heavy atom. The van der Waals surface area contributed by atoms with Gasteiger partial charge in [-0.05, 0) is 54.2 Å². The average molecular weight is 260 g/mol. The van der Waals surface area contributed by atoms with Gasteiger partial charge in [-0.1, -0.05) is 18.2 Å². The van der Waals surface area contributed by atoms with Gasteiger partial charge in [0.1, 0.15) is 0 Å². The van der Waals surface area contributed by atoms with Crippen molar-refractivity contribution in [3.05, 3.63) is 35.2 Å². The predicted molar refractivity (Wildman–Crippen MR) is 78.9 cm³/mol. The van der Waals surface area contributed by atoms with Gasteiger partial charge in [0, 0.05) is 17.8 Å². The van der Waals surface area contributed by atoms with E-state index in [0.717, 1.165) is 19.6 Å². The van der Waals surface area contributed by atoms with Gasteiger partial charge in [0.25, 0.3) is 0 Å². The van der Waals surface area contributed by atoms with E-state index in [1.165, 1.54) is 28.5 Å². The Hall–Kier alpha value is -0.900. The van der Waals surface area contributed by atoms with Crippen molar-refractivity contribution in [2.45, 2.75) is 19.4 Å². The lowest BCUT2D eigenvalue weighted by atomic mass is 10.1. The Morgan fingerprint density at radius 1 is 1.33 bits per heavy atom. The zero-order valence-electron chi connectivity index (χ0n) is 10.9. The highest BCUT2D eigenvalue weighted by Gasteiger charge is 2.41. The highest BCUT2D eigenvalue weighted by Crippen LogP contribution is 2.45. The molecule has 0 amide bonds. The fourth-order valence-electron chi connectivity index (χ4n) is 2.68. The Labute approximate surface area is 112 Å². The Morgan fingerprint density at radius 3 is 2.83 bits per heavy atom. The molecule has 0 bridgehead atoms. The van der Waals surface area contributed by atoms with E-state index < -0.39 is 0 Å². The Bertz CT molecular complexity index is 542. The number of rotatable bonds is 5. The molecule has 2 aromatic rings. The highest BCUT2D eigenvalue weighted by molar-refractivity contribution is 7.17. The number of nitrogens with two attached hydrogens (primary N) is 1. The average Bonchev–Trinajstić information content (AvgIpc) is 3.04. The standard InChI is InChI=1S/C15H20N2S/c1-17(11-15(10-16)6-7-15)8-12-9-18-14-5-3-2-4-13(12)14/h2-5,9H,6-8,10-11,16H2,1H3. The summed E-state index contributed by atoms with van der Waals surface area (Å²) in [4.78, 5) is 2.42. The molecular weight excluding hydrogens is 240 g/mol. The van der Waals surface area contributed by atoms with Crippen LogP contribution in [0.25, 0.3) is 10.1 Å². The summed E-state index contributed by atoms with van der Waals surface area (Å²) in [6.45, 7) is 3.00. The summed E-state index contributed by atoms with van der Waals surface area (Å²) in [5.41, 5.74) is 7.74. The van der Waals surface area contributed by atoms with Gasteiger partial charge < -0.3 is 10.6 Å². The first kappa shape index (κ1) is 12.2. The summed E-state index contributed by atoms with van der Waals surface area (Å²) in [6, 6.07) is 8.66. The smallest absolute Gasteiger partial charge is 0.0346 e. The van der Waals surface area contributed by atoms with Crippen LogP contribution in [0.2, 0.25) is 0 Å². The van der Waals surface area contributed by atoms with Gasteiger partial charge in [-0.3, -0.25) is 0 Å². The molecule has 3 rings (SSSR count). The van der Waals surface area contributed by atoms with Crippen LogP contribution in [-0.4, -0.2) is 25.0 Å². The number of benzene rings is 1. The van der Waals surface area contributed by atoms with Gasteiger partial charge in [-0.2, -0.15) is 0 Å². The van der Waals surface area contributed by atoms with Crippen LogP contribution in [0.1, 0.15) is 18.4 Å². The first-order valence-corrected chi connectivity index (χ1v) is 7.44. The molecule has 18 heavy (non-hydrogen) atoms. The number of hydrogen-bond donors (Lipinski definition) is 1. The molecule has 2 N–H and O–H groups in total. The molecule has 0 spiro atoms. The van der Waals surface area contributed by atoms with E-state index in [1.54, 1.807) is 0 Å². The Balaban J connectivity index is 1.72. The lowest BCUT2D eigenvalue weighted by Crippen LogP contribution is -2.31. The lowest BCUT2D eigenvalue weighted by Gasteiger charge is -2.22. The topological polar surface area (TPSA) is 29.3 Å². The van der Waals surface area contributed by atoms with Gasteiger partial charge >= 0.3 is 0 Å². The third-order valence-corrected chi connectivity index (χ3v) is 5.01. The second-order valence-electron chi connectivity index (χ2n) is 5.63. The van der Waals surface area contributed by atoms with Crippen LogP contribution in [0.3, 0.4) is 0 Å². The maximum Gasteiger partial charge on any atom is 0.0346 e. The fraction of sp³-hybridized carbons (Fsp3) is 0.467. The summed E-state index contributed by atoms with van der Waals surface area (Å²) < 4.78 is 1.39. The van der Waals surface area contributed by atoms with Gasteiger partial charge in [0.2, 0.25) is 0 Å². The normalized spacial score (nSPS) is 17.5. The highest BCUT2D eigenvalue weighted by atomic mass is 32.1. The molecule has 0 atom stereocenters. The first-order valence-electron chi connectivity index (χ1n) is 6.56. The van der Waals surface area contributed by atoms with Crippen molar-refractivity contribution in [3.63, 3.8) is 0 Å². The summed E-state index contributed by atoms with van der Waals surface area (Å²) in [5.74, 6) is 0. The maximum absolute atomic E-state index is 5.86. The van der Waals surface area contributed by atoms with Crippen LogP contribution in [-0.2, 0) is 6.54 Å². The van der Waals surface area contributed by atoms with Gasteiger partial charge in [0.05, 0.1) is 0 Å².